The van der Waals surface area contributed by atoms with Gasteiger partial charge in [-0.2, -0.15) is 5.26 Å². The molecular weight excluding hydrogens is 122 g/mol. The number of nitrogens with zero attached hydrogens (tertiary/aromatic N) is 1. The number of aryl methyl sites for hydroxylation is 1. The van der Waals surface area contributed by atoms with E-state index in [9.17, 15) is 0 Å². The van der Waals surface area contributed by atoms with Gasteiger partial charge in [-0.15, -0.1) is 0 Å². The van der Waals surface area contributed by atoms with Crippen LogP contribution in [0.5, 0.6) is 0 Å². The van der Waals surface area contributed by atoms with Crippen molar-refractivity contribution in [1.29, 1.82) is 5.26 Å². The molecule has 0 aliphatic rings. The molecule has 49 valence electrons. The molecule has 1 rings (SSSR count). The number of rotatable bonds is 1. The van der Waals surface area contributed by atoms with E-state index in [2.05, 4.69) is 12.1 Å². The summed E-state index contributed by atoms with van der Waals surface area (Å²) < 4.78 is 0. The fourth-order valence-corrected chi connectivity index (χ4v) is 0.829. The minimum Gasteiger partial charge on any atom is -0.198 e. The third kappa shape index (κ3) is 1.35. The maximum atomic E-state index is 8.38. The molecule has 0 heterocycles. The normalized spacial score (nSPS) is 8.80. The van der Waals surface area contributed by atoms with Crippen LogP contribution in [0, 0.1) is 24.3 Å². The second-order valence-corrected chi connectivity index (χ2v) is 2.19. The molecule has 1 radical (unpaired) electrons. The third-order valence-corrected chi connectivity index (χ3v) is 1.46. The molecule has 0 N–H and O–H groups in total. The van der Waals surface area contributed by atoms with Gasteiger partial charge in [-0.25, -0.2) is 0 Å². The first kappa shape index (κ1) is 6.82. The molecule has 0 aliphatic carbocycles. The lowest BCUT2D eigenvalue weighted by molar-refractivity contribution is 1.21. The summed E-state index contributed by atoms with van der Waals surface area (Å²) in [5.41, 5.74) is 2.24. The topological polar surface area (TPSA) is 23.8 Å². The molecule has 1 heteroatoms. The summed E-state index contributed by atoms with van der Waals surface area (Å²) >= 11 is 0. The predicted molar refractivity (Wildman–Crippen MR) is 39.3 cm³/mol. The highest BCUT2D eigenvalue weighted by Crippen LogP contribution is 2.05. The molecule has 0 saturated carbocycles. The average Bonchev–Trinajstić information content (AvgIpc) is 1.94. The molecule has 10 heavy (non-hydrogen) atoms. The molecule has 0 unspecified atom stereocenters. The van der Waals surface area contributed by atoms with Gasteiger partial charge >= 0.3 is 0 Å². The first-order valence-electron chi connectivity index (χ1n) is 3.17. The Morgan fingerprint density at radius 1 is 1.70 bits per heavy atom. The largest absolute Gasteiger partial charge is 0.198 e. The van der Waals surface area contributed by atoms with Crippen LogP contribution in [0.4, 0.5) is 0 Å². The van der Waals surface area contributed by atoms with Crippen LogP contribution >= 0.6 is 0 Å². The van der Waals surface area contributed by atoms with Gasteiger partial charge in [0.05, 0.1) is 12.5 Å². The number of benzene rings is 1. The van der Waals surface area contributed by atoms with Gasteiger partial charge in [0, 0.05) is 0 Å². The Hall–Kier alpha value is -1.29. The van der Waals surface area contributed by atoms with Gasteiger partial charge in [-0.05, 0) is 24.1 Å². The Morgan fingerprint density at radius 3 is 3.10 bits per heavy atom. The summed E-state index contributed by atoms with van der Waals surface area (Å²) in [7, 11) is 0. The minimum absolute atomic E-state index is 0.501. The summed E-state index contributed by atoms with van der Waals surface area (Å²) in [5.74, 6) is 0. The van der Waals surface area contributed by atoms with Crippen molar-refractivity contribution in [2.45, 2.75) is 13.3 Å². The molecule has 0 fully saturated rings. The molecule has 0 aromatic heterocycles. The van der Waals surface area contributed by atoms with E-state index in [-0.39, 0.29) is 0 Å². The van der Waals surface area contributed by atoms with Crippen molar-refractivity contribution in [3.8, 4) is 6.07 Å². The highest BCUT2D eigenvalue weighted by atomic mass is 14.2. The van der Waals surface area contributed by atoms with E-state index in [1.807, 2.05) is 25.1 Å². The summed E-state index contributed by atoms with van der Waals surface area (Å²) in [6.45, 7) is 1.99. The summed E-state index contributed by atoms with van der Waals surface area (Å²) in [6.07, 6.45) is 0.501. The van der Waals surface area contributed by atoms with Gasteiger partial charge in [-0.1, -0.05) is 18.2 Å². The fraction of sp³-hybridized carbons (Fsp3) is 0.222. The van der Waals surface area contributed by atoms with E-state index in [1.165, 1.54) is 0 Å². The van der Waals surface area contributed by atoms with Crippen molar-refractivity contribution in [2.24, 2.45) is 0 Å². The van der Waals surface area contributed by atoms with Crippen LogP contribution in [0.3, 0.4) is 0 Å². The van der Waals surface area contributed by atoms with Gasteiger partial charge in [-0.3, -0.25) is 0 Å². The molecule has 0 amide bonds. The molecular formula is C9H8N. The van der Waals surface area contributed by atoms with Crippen molar-refractivity contribution in [3.05, 3.63) is 35.4 Å². The fourth-order valence-electron chi connectivity index (χ4n) is 0.829. The van der Waals surface area contributed by atoms with Crippen LogP contribution in [0.1, 0.15) is 11.1 Å². The lowest BCUT2D eigenvalue weighted by atomic mass is 10.1. The lowest BCUT2D eigenvalue weighted by Gasteiger charge is -1.96. The second-order valence-electron chi connectivity index (χ2n) is 2.19. The van der Waals surface area contributed by atoms with Crippen LogP contribution in [-0.2, 0) is 6.42 Å². The maximum Gasteiger partial charge on any atom is 0.0669 e. The molecule has 0 saturated heterocycles. The van der Waals surface area contributed by atoms with Crippen molar-refractivity contribution < 1.29 is 0 Å². The van der Waals surface area contributed by atoms with E-state index in [0.29, 0.717) is 6.42 Å². The molecule has 1 nitrogen and oxygen atoms in total. The van der Waals surface area contributed by atoms with Gasteiger partial charge < -0.3 is 0 Å². The van der Waals surface area contributed by atoms with Crippen LogP contribution in [0.15, 0.2) is 18.2 Å². The van der Waals surface area contributed by atoms with Crippen LogP contribution < -0.4 is 0 Å². The van der Waals surface area contributed by atoms with E-state index < -0.39 is 0 Å². The Balaban J connectivity index is 2.94. The molecule has 0 aliphatic heterocycles. The monoisotopic (exact) mass is 130 g/mol. The third-order valence-electron chi connectivity index (χ3n) is 1.46. The Bertz CT molecular complexity index is 258. The second kappa shape index (κ2) is 3.03. The predicted octanol–water partition coefficient (Wildman–Crippen LogP) is 1.86. The lowest BCUT2D eigenvalue weighted by Crippen LogP contribution is -1.84. The molecule has 0 bridgehead atoms. The van der Waals surface area contributed by atoms with Crippen LogP contribution in [0.25, 0.3) is 0 Å². The molecule has 1 aromatic carbocycles. The first-order valence-corrected chi connectivity index (χ1v) is 3.17. The van der Waals surface area contributed by atoms with Gasteiger partial charge in [0.25, 0.3) is 0 Å². The van der Waals surface area contributed by atoms with Crippen molar-refractivity contribution >= 4 is 0 Å². The summed E-state index contributed by atoms with van der Waals surface area (Å²) in [4.78, 5) is 0. The molecule has 0 spiro atoms. The maximum absolute atomic E-state index is 8.38. The Morgan fingerprint density at radius 2 is 2.50 bits per heavy atom. The van der Waals surface area contributed by atoms with E-state index in [1.54, 1.807) is 0 Å². The SMILES string of the molecule is Cc1c[c]ccc1CC#N. The van der Waals surface area contributed by atoms with Crippen molar-refractivity contribution in [3.63, 3.8) is 0 Å². The Labute approximate surface area is 60.9 Å². The highest BCUT2D eigenvalue weighted by molar-refractivity contribution is 5.27. The highest BCUT2D eigenvalue weighted by Gasteiger charge is 1.92. The number of hydrogen-bond acceptors (Lipinski definition) is 1. The summed E-state index contributed by atoms with van der Waals surface area (Å²) in [5, 5.41) is 8.38. The number of nitriles is 1. The smallest absolute Gasteiger partial charge is 0.0669 e. The standard InChI is InChI=1S/C9H8N/c1-8-4-2-3-5-9(8)6-7-10/h3-5H,6H2,1H3. The van der Waals surface area contributed by atoms with Gasteiger partial charge in [0.2, 0.25) is 0 Å². The Kier molecular flexibility index (Phi) is 2.07. The number of hydrogen-bond donors (Lipinski definition) is 0. The van der Waals surface area contributed by atoms with E-state index in [4.69, 9.17) is 5.26 Å². The molecule has 0 atom stereocenters. The van der Waals surface area contributed by atoms with E-state index in [0.717, 1.165) is 11.1 Å². The zero-order chi connectivity index (χ0) is 7.40. The quantitative estimate of drug-likeness (QED) is 0.569. The van der Waals surface area contributed by atoms with Gasteiger partial charge in [0.15, 0.2) is 0 Å². The van der Waals surface area contributed by atoms with Gasteiger partial charge in [0.1, 0.15) is 0 Å². The average molecular weight is 130 g/mol. The summed E-state index contributed by atoms with van der Waals surface area (Å²) in [6, 6.07) is 10.7. The van der Waals surface area contributed by atoms with Crippen LogP contribution in [0.2, 0.25) is 0 Å². The van der Waals surface area contributed by atoms with E-state index >= 15 is 0 Å². The van der Waals surface area contributed by atoms with Crippen LogP contribution in [-0.4, -0.2) is 0 Å². The minimum atomic E-state index is 0.501. The van der Waals surface area contributed by atoms with Crippen molar-refractivity contribution in [1.82, 2.24) is 0 Å². The van der Waals surface area contributed by atoms with Crippen molar-refractivity contribution in [2.75, 3.05) is 0 Å². The zero-order valence-electron chi connectivity index (χ0n) is 5.89. The zero-order valence-corrected chi connectivity index (χ0v) is 5.89. The molecule has 1 aromatic rings. The first-order chi connectivity index (χ1) is 4.84.